The number of fused-ring (bicyclic) bond motifs is 1. The maximum absolute atomic E-state index is 15.3. The van der Waals surface area contributed by atoms with Gasteiger partial charge in [0.05, 0.1) is 63.1 Å². The van der Waals surface area contributed by atoms with Crippen molar-refractivity contribution in [3.8, 4) is 0 Å². The van der Waals surface area contributed by atoms with Crippen molar-refractivity contribution in [2.75, 3.05) is 29.5 Å². The fourth-order valence-corrected chi connectivity index (χ4v) is 6.47. The van der Waals surface area contributed by atoms with Gasteiger partial charge >= 0.3 is 13.9 Å². The molecule has 14 heteroatoms. The Morgan fingerprint density at radius 1 is 1.00 bits per heavy atom. The number of aromatic nitrogens is 2. The molecule has 4 aromatic rings. The standard InChI is InChI=1S/C33H35FN5O7P/c1-24(40)35-17-29-20-39(33(41)46-29)28-12-13-32(30(34)16-28)37-18-27-19-38(36-31(27)21-37)14-15-43-47(42,44-22-25-8-4-2-5-9-25)45-23-26-10-6-3-7-11-26/h2-13,16,19,29H,14-15,17-18,20-23H2,1H3,(H,35,40)/t29-/m0/s1. The molecule has 1 saturated heterocycles. The van der Waals surface area contributed by atoms with E-state index in [1.807, 2.05) is 71.8 Å². The number of rotatable bonds is 14. The lowest BCUT2D eigenvalue weighted by atomic mass is 10.2. The largest absolute Gasteiger partial charge is 0.475 e. The Bertz CT molecular complexity index is 1690. The highest BCUT2D eigenvalue weighted by molar-refractivity contribution is 7.48. The number of benzene rings is 3. The minimum absolute atomic E-state index is 0.0336. The van der Waals surface area contributed by atoms with E-state index < -0.39 is 25.8 Å². The third kappa shape index (κ3) is 8.25. The molecule has 246 valence electrons. The van der Waals surface area contributed by atoms with Gasteiger partial charge in [0.1, 0.15) is 11.9 Å². The van der Waals surface area contributed by atoms with Gasteiger partial charge < -0.3 is 15.0 Å². The van der Waals surface area contributed by atoms with Crippen LogP contribution in [0, 0.1) is 5.82 Å². The average Bonchev–Trinajstić information content (AvgIpc) is 3.76. The number of cyclic esters (lactones) is 1. The molecule has 2 aliphatic heterocycles. The van der Waals surface area contributed by atoms with Crippen LogP contribution in [0.3, 0.4) is 0 Å². The summed E-state index contributed by atoms with van der Waals surface area (Å²) in [6.07, 6.45) is 0.760. The first kappa shape index (κ1) is 32.4. The van der Waals surface area contributed by atoms with E-state index in [0.717, 1.165) is 22.4 Å². The van der Waals surface area contributed by atoms with Crippen molar-refractivity contribution in [2.24, 2.45) is 0 Å². The minimum Gasteiger partial charge on any atom is -0.442 e. The summed E-state index contributed by atoms with van der Waals surface area (Å²) in [6, 6.07) is 23.3. The van der Waals surface area contributed by atoms with Gasteiger partial charge in [-0.2, -0.15) is 5.10 Å². The van der Waals surface area contributed by atoms with Gasteiger partial charge in [0.25, 0.3) is 0 Å². The molecule has 0 unspecified atom stereocenters. The monoisotopic (exact) mass is 663 g/mol. The molecule has 3 heterocycles. The van der Waals surface area contributed by atoms with Crippen LogP contribution in [0.4, 0.5) is 20.6 Å². The van der Waals surface area contributed by atoms with Gasteiger partial charge in [-0.3, -0.25) is 27.9 Å². The number of carbonyl (C=O) groups is 2. The maximum atomic E-state index is 15.3. The molecule has 2 aliphatic rings. The summed E-state index contributed by atoms with van der Waals surface area (Å²) in [4.78, 5) is 26.7. The number of phosphoric acid groups is 1. The SMILES string of the molecule is CC(=O)NC[C@H]1CN(c2ccc(N3Cc4cn(CCOP(=O)(OCc5ccccc5)OCc5ccccc5)nc4C3)c(F)c2)C(=O)O1. The number of phosphoric ester groups is 1. The molecule has 0 spiro atoms. The first-order valence-corrected chi connectivity index (χ1v) is 16.6. The zero-order valence-corrected chi connectivity index (χ0v) is 26.7. The summed E-state index contributed by atoms with van der Waals surface area (Å²) < 4.78 is 52.9. The molecule has 0 radical (unpaired) electrons. The molecule has 0 aliphatic carbocycles. The molecule has 0 saturated carbocycles. The second kappa shape index (κ2) is 14.5. The van der Waals surface area contributed by atoms with Crippen molar-refractivity contribution in [1.82, 2.24) is 15.1 Å². The van der Waals surface area contributed by atoms with Crippen LogP contribution < -0.4 is 15.1 Å². The molecule has 12 nitrogen and oxygen atoms in total. The maximum Gasteiger partial charge on any atom is 0.475 e. The molecule has 1 fully saturated rings. The van der Waals surface area contributed by atoms with Crippen molar-refractivity contribution in [1.29, 1.82) is 0 Å². The highest BCUT2D eigenvalue weighted by atomic mass is 31.2. The first-order chi connectivity index (χ1) is 22.7. The lowest BCUT2D eigenvalue weighted by Gasteiger charge is -2.21. The second-order valence-corrected chi connectivity index (χ2v) is 12.9. The molecule has 2 amide bonds. The molecular formula is C33H35FN5O7P. The fourth-order valence-electron chi connectivity index (χ4n) is 5.33. The third-order valence-corrected chi connectivity index (χ3v) is 9.09. The van der Waals surface area contributed by atoms with E-state index in [4.69, 9.17) is 18.3 Å². The van der Waals surface area contributed by atoms with E-state index in [1.54, 1.807) is 16.8 Å². The molecule has 3 aromatic carbocycles. The number of hydrogen-bond acceptors (Lipinski definition) is 9. The summed E-state index contributed by atoms with van der Waals surface area (Å²) in [7, 11) is -3.91. The van der Waals surface area contributed by atoms with Gasteiger partial charge in [0.2, 0.25) is 5.91 Å². The topological polar surface area (TPSA) is 124 Å². The number of carbonyl (C=O) groups excluding carboxylic acids is 2. The minimum atomic E-state index is -3.91. The predicted octanol–water partition coefficient (Wildman–Crippen LogP) is 5.56. The van der Waals surface area contributed by atoms with E-state index in [-0.39, 0.29) is 38.8 Å². The highest BCUT2D eigenvalue weighted by Crippen LogP contribution is 2.51. The van der Waals surface area contributed by atoms with Crippen molar-refractivity contribution >= 4 is 31.2 Å². The molecule has 0 bridgehead atoms. The van der Waals surface area contributed by atoms with E-state index in [1.165, 1.54) is 17.9 Å². The molecule has 1 aromatic heterocycles. The lowest BCUT2D eigenvalue weighted by Crippen LogP contribution is -2.33. The van der Waals surface area contributed by atoms with E-state index in [2.05, 4.69) is 10.4 Å². The molecule has 6 rings (SSSR count). The normalized spacial score (nSPS) is 16.0. The summed E-state index contributed by atoms with van der Waals surface area (Å²) in [5.74, 6) is -0.700. The number of anilines is 2. The quantitative estimate of drug-likeness (QED) is 0.173. The number of halogens is 1. The average molecular weight is 664 g/mol. The van der Waals surface area contributed by atoms with E-state index in [9.17, 15) is 14.2 Å². The summed E-state index contributed by atoms with van der Waals surface area (Å²) in [5.41, 5.74) is 4.16. The number of nitrogens with zero attached hydrogens (tertiary/aromatic N) is 4. The van der Waals surface area contributed by atoms with Gasteiger partial charge in [-0.15, -0.1) is 0 Å². The lowest BCUT2D eigenvalue weighted by molar-refractivity contribution is -0.119. The van der Waals surface area contributed by atoms with Crippen molar-refractivity contribution in [2.45, 2.75) is 45.9 Å². The van der Waals surface area contributed by atoms with Gasteiger partial charge in [-0.25, -0.2) is 13.8 Å². The van der Waals surface area contributed by atoms with Gasteiger partial charge in [0.15, 0.2) is 0 Å². The fraction of sp³-hybridized carbons (Fsp3) is 0.303. The van der Waals surface area contributed by atoms with Crippen LogP contribution in [-0.4, -0.2) is 47.6 Å². The molecule has 47 heavy (non-hydrogen) atoms. The Kier molecular flexibility index (Phi) is 9.98. The third-order valence-electron chi connectivity index (χ3n) is 7.70. The highest BCUT2D eigenvalue weighted by Gasteiger charge is 2.33. The molecule has 1 N–H and O–H groups in total. The predicted molar refractivity (Wildman–Crippen MR) is 171 cm³/mol. The summed E-state index contributed by atoms with van der Waals surface area (Å²) in [5, 5.41) is 7.26. The van der Waals surface area contributed by atoms with Crippen LogP contribution in [0.15, 0.2) is 85.1 Å². The number of hydrogen-bond donors (Lipinski definition) is 1. The zero-order chi connectivity index (χ0) is 32.8. The Morgan fingerprint density at radius 3 is 2.30 bits per heavy atom. The van der Waals surface area contributed by atoms with Crippen LogP contribution in [0.5, 0.6) is 0 Å². The van der Waals surface area contributed by atoms with Crippen molar-refractivity contribution in [3.63, 3.8) is 0 Å². The first-order valence-electron chi connectivity index (χ1n) is 15.2. The molecular weight excluding hydrogens is 628 g/mol. The number of nitrogens with one attached hydrogen (secondary N) is 1. The summed E-state index contributed by atoms with van der Waals surface area (Å²) >= 11 is 0. The van der Waals surface area contributed by atoms with Gasteiger partial charge in [-0.05, 0) is 29.3 Å². The zero-order valence-electron chi connectivity index (χ0n) is 25.8. The Labute approximate surface area is 271 Å². The van der Waals surface area contributed by atoms with Gasteiger partial charge in [-0.1, -0.05) is 60.7 Å². The summed E-state index contributed by atoms with van der Waals surface area (Å²) in [6.45, 7) is 3.09. The van der Waals surface area contributed by atoms with Crippen LogP contribution in [0.2, 0.25) is 0 Å². The van der Waals surface area contributed by atoms with E-state index in [0.29, 0.717) is 31.0 Å². The number of ether oxygens (including phenoxy) is 1. The Balaban J connectivity index is 1.03. The van der Waals surface area contributed by atoms with Crippen LogP contribution in [0.25, 0.3) is 0 Å². The molecule has 1 atom stereocenters. The van der Waals surface area contributed by atoms with Crippen LogP contribution in [0.1, 0.15) is 29.3 Å². The Morgan fingerprint density at radius 2 is 1.68 bits per heavy atom. The van der Waals surface area contributed by atoms with Crippen molar-refractivity contribution < 1.29 is 36.9 Å². The smallest absolute Gasteiger partial charge is 0.442 e. The number of amides is 2. The van der Waals surface area contributed by atoms with E-state index >= 15 is 4.39 Å². The van der Waals surface area contributed by atoms with Crippen molar-refractivity contribution in [3.05, 3.63) is 113 Å². The second-order valence-electron chi connectivity index (χ2n) is 11.2. The van der Waals surface area contributed by atoms with Crippen LogP contribution >= 0.6 is 7.82 Å². The van der Waals surface area contributed by atoms with Gasteiger partial charge in [0, 0.05) is 25.2 Å². The Hall–Kier alpha value is -4.55. The van der Waals surface area contributed by atoms with Crippen LogP contribution in [-0.2, 0) is 60.5 Å².